The summed E-state index contributed by atoms with van der Waals surface area (Å²) >= 11 is 4.83. The van der Waals surface area contributed by atoms with Gasteiger partial charge in [-0.05, 0) is 46.4 Å². The molecule has 0 radical (unpaired) electrons. The van der Waals surface area contributed by atoms with Crippen LogP contribution < -0.4 is 0 Å². The molecule has 1 heterocycles. The van der Waals surface area contributed by atoms with E-state index in [1.807, 2.05) is 24.4 Å². The fraction of sp³-hybridized carbons (Fsp3) is 0.214. The molecule has 0 fully saturated rings. The summed E-state index contributed by atoms with van der Waals surface area (Å²) in [6.07, 6.45) is 0. The highest BCUT2D eigenvalue weighted by Gasteiger charge is 2.21. The summed E-state index contributed by atoms with van der Waals surface area (Å²) in [5, 5.41) is 1.96. The summed E-state index contributed by atoms with van der Waals surface area (Å²) < 4.78 is 14.3. The van der Waals surface area contributed by atoms with Crippen molar-refractivity contribution in [1.82, 2.24) is 4.90 Å². The van der Waals surface area contributed by atoms with Gasteiger partial charge in [0.05, 0.1) is 12.1 Å². The number of hydrogen-bond donors (Lipinski definition) is 0. The minimum atomic E-state index is -0.496. The molecule has 19 heavy (non-hydrogen) atoms. The van der Waals surface area contributed by atoms with Crippen molar-refractivity contribution in [3.8, 4) is 0 Å². The predicted molar refractivity (Wildman–Crippen MR) is 78.8 cm³/mol. The fourth-order valence-corrected chi connectivity index (χ4v) is 3.01. The lowest BCUT2D eigenvalue weighted by Crippen LogP contribution is -2.31. The minimum absolute atomic E-state index is 0.0981. The molecule has 1 aromatic carbocycles. The second-order valence-electron chi connectivity index (χ2n) is 4.00. The lowest BCUT2D eigenvalue weighted by molar-refractivity contribution is 0.0748. The van der Waals surface area contributed by atoms with E-state index in [9.17, 15) is 9.18 Å². The van der Waals surface area contributed by atoms with Crippen LogP contribution in [0.1, 0.15) is 22.2 Å². The summed E-state index contributed by atoms with van der Waals surface area (Å²) in [6.45, 7) is 2.94. The second-order valence-corrected chi connectivity index (χ2v) is 5.88. The predicted octanol–water partition coefficient (Wildman–Crippen LogP) is 4.31. The van der Waals surface area contributed by atoms with Crippen LogP contribution in [0.3, 0.4) is 0 Å². The minimum Gasteiger partial charge on any atom is -0.334 e. The highest BCUT2D eigenvalue weighted by atomic mass is 79.9. The van der Waals surface area contributed by atoms with E-state index >= 15 is 0 Å². The molecule has 0 N–H and O–H groups in total. The molecule has 0 unspecified atom stereocenters. The average molecular weight is 342 g/mol. The first-order valence-corrected chi connectivity index (χ1v) is 7.56. The monoisotopic (exact) mass is 341 g/mol. The Morgan fingerprint density at radius 3 is 2.74 bits per heavy atom. The molecule has 0 saturated heterocycles. The van der Waals surface area contributed by atoms with Gasteiger partial charge in [0.2, 0.25) is 0 Å². The van der Waals surface area contributed by atoms with E-state index in [-0.39, 0.29) is 11.5 Å². The van der Waals surface area contributed by atoms with E-state index in [1.165, 1.54) is 6.07 Å². The van der Waals surface area contributed by atoms with Crippen LogP contribution in [0, 0.1) is 5.82 Å². The van der Waals surface area contributed by atoms with Crippen molar-refractivity contribution in [3.05, 3.63) is 56.4 Å². The molecule has 1 aromatic heterocycles. The molecule has 2 aromatic rings. The van der Waals surface area contributed by atoms with Crippen LogP contribution in [0.4, 0.5) is 4.39 Å². The molecule has 100 valence electrons. The van der Waals surface area contributed by atoms with Crippen molar-refractivity contribution in [3.63, 3.8) is 0 Å². The fourth-order valence-electron chi connectivity index (χ4n) is 1.78. The molecule has 0 atom stereocenters. The maximum atomic E-state index is 13.8. The Bertz CT molecular complexity index is 551. The molecule has 0 aliphatic carbocycles. The summed E-state index contributed by atoms with van der Waals surface area (Å²) in [4.78, 5) is 15.1. The topological polar surface area (TPSA) is 20.3 Å². The highest BCUT2D eigenvalue weighted by molar-refractivity contribution is 9.10. The van der Waals surface area contributed by atoms with E-state index in [0.29, 0.717) is 17.6 Å². The number of amides is 1. The van der Waals surface area contributed by atoms with E-state index in [0.717, 1.165) is 4.88 Å². The van der Waals surface area contributed by atoms with Gasteiger partial charge in [-0.1, -0.05) is 12.1 Å². The number of carbonyl (C=O) groups is 1. The third-order valence-electron chi connectivity index (χ3n) is 2.77. The molecule has 0 spiro atoms. The van der Waals surface area contributed by atoms with E-state index < -0.39 is 5.82 Å². The van der Waals surface area contributed by atoms with Crippen LogP contribution in [0.2, 0.25) is 0 Å². The third kappa shape index (κ3) is 3.22. The molecule has 0 aliphatic heterocycles. The van der Waals surface area contributed by atoms with Crippen LogP contribution in [0.5, 0.6) is 0 Å². The zero-order chi connectivity index (χ0) is 13.8. The van der Waals surface area contributed by atoms with Gasteiger partial charge in [0.15, 0.2) is 0 Å². The largest absolute Gasteiger partial charge is 0.334 e. The van der Waals surface area contributed by atoms with Gasteiger partial charge in [-0.2, -0.15) is 0 Å². The van der Waals surface area contributed by atoms with Crippen LogP contribution in [-0.4, -0.2) is 17.4 Å². The smallest absolute Gasteiger partial charge is 0.258 e. The molecule has 1 amide bonds. The molecular formula is C14H13BrFNOS. The summed E-state index contributed by atoms with van der Waals surface area (Å²) in [7, 11) is 0. The Balaban J connectivity index is 2.26. The first kappa shape index (κ1) is 14.2. The standard InChI is InChI=1S/C14H13BrFNOS/c1-2-17(9-10-5-4-8-19-10)14(18)13-11(15)6-3-7-12(13)16/h3-8H,2,9H2,1H3. The lowest BCUT2D eigenvalue weighted by Gasteiger charge is -2.21. The zero-order valence-electron chi connectivity index (χ0n) is 10.4. The van der Waals surface area contributed by atoms with Crippen LogP contribution >= 0.6 is 27.3 Å². The number of halogens is 2. The number of rotatable bonds is 4. The van der Waals surface area contributed by atoms with Gasteiger partial charge >= 0.3 is 0 Å². The van der Waals surface area contributed by atoms with Crippen molar-refractivity contribution >= 4 is 33.2 Å². The zero-order valence-corrected chi connectivity index (χ0v) is 12.8. The highest BCUT2D eigenvalue weighted by Crippen LogP contribution is 2.22. The Morgan fingerprint density at radius 1 is 1.37 bits per heavy atom. The molecule has 0 aliphatic rings. The Kier molecular flexibility index (Phi) is 4.71. The number of thiophene rings is 1. The van der Waals surface area contributed by atoms with Crippen LogP contribution in [0.25, 0.3) is 0 Å². The Morgan fingerprint density at radius 2 is 2.16 bits per heavy atom. The van der Waals surface area contributed by atoms with Gasteiger partial charge in [0.1, 0.15) is 5.82 Å². The van der Waals surface area contributed by atoms with E-state index in [1.54, 1.807) is 28.4 Å². The summed E-state index contributed by atoms with van der Waals surface area (Å²) in [6, 6.07) is 8.46. The van der Waals surface area contributed by atoms with Gasteiger partial charge < -0.3 is 4.90 Å². The number of benzene rings is 1. The lowest BCUT2D eigenvalue weighted by atomic mass is 10.2. The quantitative estimate of drug-likeness (QED) is 0.811. The first-order chi connectivity index (χ1) is 9.13. The van der Waals surface area contributed by atoms with Crippen molar-refractivity contribution < 1.29 is 9.18 Å². The first-order valence-electron chi connectivity index (χ1n) is 5.89. The maximum Gasteiger partial charge on any atom is 0.258 e. The molecular weight excluding hydrogens is 329 g/mol. The number of carbonyl (C=O) groups excluding carboxylic acids is 1. The molecule has 5 heteroatoms. The van der Waals surface area contributed by atoms with Crippen molar-refractivity contribution in [2.75, 3.05) is 6.54 Å². The van der Waals surface area contributed by atoms with Gasteiger partial charge in [-0.15, -0.1) is 11.3 Å². The Labute approximate surface area is 124 Å². The van der Waals surface area contributed by atoms with Crippen LogP contribution in [-0.2, 0) is 6.54 Å². The average Bonchev–Trinajstić information content (AvgIpc) is 2.88. The van der Waals surface area contributed by atoms with Crippen LogP contribution in [0.15, 0.2) is 40.2 Å². The second kappa shape index (κ2) is 6.30. The van der Waals surface area contributed by atoms with Crippen molar-refractivity contribution in [1.29, 1.82) is 0 Å². The molecule has 2 rings (SSSR count). The van der Waals surface area contributed by atoms with E-state index in [4.69, 9.17) is 0 Å². The number of nitrogens with zero attached hydrogens (tertiary/aromatic N) is 1. The SMILES string of the molecule is CCN(Cc1cccs1)C(=O)c1c(F)cccc1Br. The van der Waals surface area contributed by atoms with E-state index in [2.05, 4.69) is 15.9 Å². The Hall–Kier alpha value is -1.20. The number of hydrogen-bond acceptors (Lipinski definition) is 2. The summed E-state index contributed by atoms with van der Waals surface area (Å²) in [5.41, 5.74) is 0.0981. The normalized spacial score (nSPS) is 10.5. The third-order valence-corrected chi connectivity index (χ3v) is 4.29. The molecule has 0 saturated carbocycles. The van der Waals surface area contributed by atoms with Crippen molar-refractivity contribution in [2.45, 2.75) is 13.5 Å². The van der Waals surface area contributed by atoms with Gasteiger partial charge in [-0.3, -0.25) is 4.79 Å². The molecule has 0 bridgehead atoms. The molecule has 2 nitrogen and oxygen atoms in total. The summed E-state index contributed by atoms with van der Waals surface area (Å²) in [5.74, 6) is -0.787. The van der Waals surface area contributed by atoms with Gasteiger partial charge in [0.25, 0.3) is 5.91 Å². The van der Waals surface area contributed by atoms with Gasteiger partial charge in [-0.25, -0.2) is 4.39 Å². The maximum absolute atomic E-state index is 13.8. The van der Waals surface area contributed by atoms with Crippen molar-refractivity contribution in [2.24, 2.45) is 0 Å². The van der Waals surface area contributed by atoms with Gasteiger partial charge in [0, 0.05) is 15.9 Å².